The lowest BCUT2D eigenvalue weighted by atomic mass is 10.1. The Kier molecular flexibility index (Phi) is 6.56. The Hall–Kier alpha value is -3.55. The van der Waals surface area contributed by atoms with Crippen LogP contribution < -0.4 is 10.6 Å². The number of carbonyl (C=O) groups excluding carboxylic acids is 2. The Morgan fingerprint density at radius 3 is 2.33 bits per heavy atom. The van der Waals surface area contributed by atoms with Gasteiger partial charge in [0.1, 0.15) is 5.76 Å². The molecule has 2 N–H and O–H groups in total. The minimum absolute atomic E-state index is 0.0296. The van der Waals surface area contributed by atoms with Crippen LogP contribution in [-0.4, -0.2) is 24.9 Å². The Bertz CT molecular complexity index is 1010. The summed E-state index contributed by atoms with van der Waals surface area (Å²) >= 11 is 0. The summed E-state index contributed by atoms with van der Waals surface area (Å²) in [5.41, 5.74) is 0.308. The topological polar surface area (TPSA) is 71.3 Å². The minimum Gasteiger partial charge on any atom is -0.451 e. The van der Waals surface area contributed by atoms with Crippen molar-refractivity contribution in [3.8, 4) is 11.3 Å². The molecule has 0 aliphatic carbocycles. The van der Waals surface area contributed by atoms with Crippen LogP contribution in [0.4, 0.5) is 13.2 Å². The number of hydrogen-bond acceptors (Lipinski definition) is 3. The van der Waals surface area contributed by atoms with E-state index in [1.807, 2.05) is 30.3 Å². The summed E-state index contributed by atoms with van der Waals surface area (Å²) in [5.74, 6) is -0.564. The average Bonchev–Trinajstić information content (AvgIpc) is 3.22. The van der Waals surface area contributed by atoms with Gasteiger partial charge in [-0.05, 0) is 29.8 Å². The van der Waals surface area contributed by atoms with Gasteiger partial charge in [-0.1, -0.05) is 42.5 Å². The molecular weight excluding hydrogens is 397 g/mol. The van der Waals surface area contributed by atoms with E-state index in [1.54, 1.807) is 0 Å². The van der Waals surface area contributed by atoms with Crippen molar-refractivity contribution >= 4 is 11.8 Å². The van der Waals surface area contributed by atoms with Crippen LogP contribution in [0.5, 0.6) is 0 Å². The van der Waals surface area contributed by atoms with E-state index < -0.39 is 17.6 Å². The van der Waals surface area contributed by atoms with Crippen LogP contribution in [0.15, 0.2) is 71.1 Å². The second-order valence-electron chi connectivity index (χ2n) is 6.51. The highest BCUT2D eigenvalue weighted by Crippen LogP contribution is 2.32. The third-order valence-corrected chi connectivity index (χ3v) is 4.24. The molecule has 30 heavy (non-hydrogen) atoms. The van der Waals surface area contributed by atoms with Crippen LogP contribution in [0, 0.1) is 0 Å². The third-order valence-electron chi connectivity index (χ3n) is 4.24. The summed E-state index contributed by atoms with van der Waals surface area (Å²) in [6, 6.07) is 16.8. The maximum atomic E-state index is 12.8. The van der Waals surface area contributed by atoms with Gasteiger partial charge in [-0.3, -0.25) is 9.59 Å². The number of furan rings is 1. The SMILES string of the molecule is O=C(Cc1ccccc1)NCCNC(=O)c1ccc(-c2cccc(C(F)(F)F)c2)o1. The fourth-order valence-electron chi connectivity index (χ4n) is 2.77. The summed E-state index contributed by atoms with van der Waals surface area (Å²) in [6.45, 7) is 0.414. The monoisotopic (exact) mass is 416 g/mol. The smallest absolute Gasteiger partial charge is 0.416 e. The van der Waals surface area contributed by atoms with Crippen LogP contribution in [0.1, 0.15) is 21.7 Å². The summed E-state index contributed by atoms with van der Waals surface area (Å²) in [7, 11) is 0. The molecule has 0 aliphatic rings. The molecule has 2 aromatic carbocycles. The van der Waals surface area contributed by atoms with Gasteiger partial charge in [0.05, 0.1) is 12.0 Å². The number of halogens is 3. The summed E-state index contributed by atoms with van der Waals surface area (Å²) in [6.07, 6.45) is -4.22. The molecule has 0 atom stereocenters. The molecule has 1 aromatic heterocycles. The maximum Gasteiger partial charge on any atom is 0.416 e. The highest BCUT2D eigenvalue weighted by molar-refractivity contribution is 5.92. The van der Waals surface area contributed by atoms with Crippen molar-refractivity contribution in [3.63, 3.8) is 0 Å². The van der Waals surface area contributed by atoms with Crippen molar-refractivity contribution in [1.82, 2.24) is 10.6 Å². The number of amides is 2. The molecule has 8 heteroatoms. The van der Waals surface area contributed by atoms with Crippen LogP contribution in [0.2, 0.25) is 0 Å². The molecule has 0 radical (unpaired) electrons. The molecule has 0 saturated heterocycles. The first kappa shape index (κ1) is 21.2. The van der Waals surface area contributed by atoms with Crippen molar-refractivity contribution in [1.29, 1.82) is 0 Å². The highest BCUT2D eigenvalue weighted by atomic mass is 19.4. The molecule has 5 nitrogen and oxygen atoms in total. The van der Waals surface area contributed by atoms with Gasteiger partial charge >= 0.3 is 6.18 Å². The van der Waals surface area contributed by atoms with Crippen molar-refractivity contribution in [3.05, 3.63) is 83.6 Å². The van der Waals surface area contributed by atoms with Gasteiger partial charge in [0.2, 0.25) is 5.91 Å². The van der Waals surface area contributed by atoms with E-state index in [4.69, 9.17) is 4.42 Å². The summed E-state index contributed by atoms with van der Waals surface area (Å²) in [5, 5.41) is 5.29. The predicted molar refractivity (Wildman–Crippen MR) is 105 cm³/mol. The van der Waals surface area contributed by atoms with Gasteiger partial charge in [-0.2, -0.15) is 13.2 Å². The largest absolute Gasteiger partial charge is 0.451 e. The number of rotatable bonds is 7. The van der Waals surface area contributed by atoms with E-state index in [0.29, 0.717) is 0 Å². The standard InChI is InChI=1S/C22H19F3N2O3/c23-22(24,25)17-8-4-7-16(14-17)18-9-10-19(30-18)21(29)27-12-11-26-20(28)13-15-5-2-1-3-6-15/h1-10,14H,11-13H2,(H,26,28)(H,27,29). The third kappa shape index (κ3) is 5.73. The fraction of sp³-hybridized carbons (Fsp3) is 0.182. The zero-order valence-electron chi connectivity index (χ0n) is 15.8. The molecule has 0 unspecified atom stereocenters. The first-order chi connectivity index (χ1) is 14.3. The molecule has 3 rings (SSSR count). The van der Waals surface area contributed by atoms with Crippen LogP contribution >= 0.6 is 0 Å². The number of benzene rings is 2. The lowest BCUT2D eigenvalue weighted by Crippen LogP contribution is -2.35. The lowest BCUT2D eigenvalue weighted by molar-refractivity contribution is -0.137. The van der Waals surface area contributed by atoms with E-state index in [0.717, 1.165) is 17.7 Å². The Balaban J connectivity index is 1.49. The highest BCUT2D eigenvalue weighted by Gasteiger charge is 2.30. The molecule has 0 bridgehead atoms. The maximum absolute atomic E-state index is 12.8. The molecule has 0 spiro atoms. The van der Waals surface area contributed by atoms with Gasteiger partial charge in [-0.25, -0.2) is 0 Å². The normalized spacial score (nSPS) is 11.2. The zero-order valence-corrected chi connectivity index (χ0v) is 15.8. The van der Waals surface area contributed by atoms with Crippen LogP contribution in [0.25, 0.3) is 11.3 Å². The number of nitrogens with one attached hydrogen (secondary N) is 2. The molecule has 0 fully saturated rings. The van der Waals surface area contributed by atoms with Crippen LogP contribution in [-0.2, 0) is 17.4 Å². The van der Waals surface area contributed by atoms with E-state index in [2.05, 4.69) is 10.6 Å². The first-order valence-corrected chi connectivity index (χ1v) is 9.19. The summed E-state index contributed by atoms with van der Waals surface area (Å²) in [4.78, 5) is 24.0. The number of alkyl halides is 3. The van der Waals surface area contributed by atoms with Crippen molar-refractivity contribution < 1.29 is 27.2 Å². The van der Waals surface area contributed by atoms with Crippen molar-refractivity contribution in [2.45, 2.75) is 12.6 Å². The van der Waals surface area contributed by atoms with Crippen LogP contribution in [0.3, 0.4) is 0 Å². The number of hydrogen-bond donors (Lipinski definition) is 2. The lowest BCUT2D eigenvalue weighted by Gasteiger charge is -2.07. The first-order valence-electron chi connectivity index (χ1n) is 9.19. The molecule has 1 heterocycles. The molecule has 3 aromatic rings. The Morgan fingerprint density at radius 2 is 1.60 bits per heavy atom. The van der Waals surface area contributed by atoms with Crippen molar-refractivity contribution in [2.75, 3.05) is 13.1 Å². The molecule has 0 saturated carbocycles. The Labute approximate surface area is 170 Å². The van der Waals surface area contributed by atoms with Crippen molar-refractivity contribution in [2.24, 2.45) is 0 Å². The number of carbonyl (C=O) groups is 2. The van der Waals surface area contributed by atoms with E-state index in [1.165, 1.54) is 24.3 Å². The van der Waals surface area contributed by atoms with Gasteiger partial charge in [0, 0.05) is 18.7 Å². The molecule has 0 aliphatic heterocycles. The zero-order chi connectivity index (χ0) is 21.6. The van der Waals surface area contributed by atoms with E-state index in [-0.39, 0.29) is 42.5 Å². The van der Waals surface area contributed by atoms with E-state index >= 15 is 0 Å². The second kappa shape index (κ2) is 9.30. The Morgan fingerprint density at radius 1 is 0.867 bits per heavy atom. The second-order valence-corrected chi connectivity index (χ2v) is 6.51. The molecule has 2 amide bonds. The quantitative estimate of drug-likeness (QED) is 0.571. The predicted octanol–water partition coefficient (Wildman–Crippen LogP) is 4.05. The molecule has 156 valence electrons. The minimum atomic E-state index is -4.46. The van der Waals surface area contributed by atoms with Gasteiger partial charge in [0.15, 0.2) is 5.76 Å². The average molecular weight is 416 g/mol. The van der Waals surface area contributed by atoms with Gasteiger partial charge < -0.3 is 15.1 Å². The van der Waals surface area contributed by atoms with Gasteiger partial charge in [-0.15, -0.1) is 0 Å². The summed E-state index contributed by atoms with van der Waals surface area (Å²) < 4.78 is 43.9. The molecular formula is C22H19F3N2O3. The van der Waals surface area contributed by atoms with Gasteiger partial charge in [0.25, 0.3) is 5.91 Å². The fourth-order valence-corrected chi connectivity index (χ4v) is 2.77. The van der Waals surface area contributed by atoms with E-state index in [9.17, 15) is 22.8 Å².